The average molecular weight is 530 g/mol. The number of halogens is 1. The highest BCUT2D eigenvalue weighted by Gasteiger charge is 2.41. The number of nitrogens with one attached hydrogen (secondary N) is 2. The zero-order valence-electron chi connectivity index (χ0n) is 21.9. The summed E-state index contributed by atoms with van der Waals surface area (Å²) in [5.41, 5.74) is 4.97. The van der Waals surface area contributed by atoms with Gasteiger partial charge in [0.15, 0.2) is 5.78 Å². The van der Waals surface area contributed by atoms with Gasteiger partial charge >= 0.3 is 0 Å². The Bertz CT molecular complexity index is 1400. The first-order chi connectivity index (χ1) is 18.3. The van der Waals surface area contributed by atoms with Crippen molar-refractivity contribution in [1.82, 2.24) is 5.32 Å². The van der Waals surface area contributed by atoms with Crippen molar-refractivity contribution in [3.8, 4) is 5.75 Å². The number of Topliss-reactive ketones (excluding diaryl/α,β-unsaturated/α-hetero) is 1. The van der Waals surface area contributed by atoms with Crippen LogP contribution in [0.3, 0.4) is 0 Å². The maximum Gasteiger partial charge on any atom is 0.239 e. The summed E-state index contributed by atoms with van der Waals surface area (Å²) >= 11 is 6.31. The van der Waals surface area contributed by atoms with Crippen molar-refractivity contribution < 1.29 is 14.3 Å². The Hall–Kier alpha value is -3.77. The lowest BCUT2D eigenvalue weighted by Gasteiger charge is -2.38. The van der Waals surface area contributed by atoms with Gasteiger partial charge in [0.2, 0.25) is 5.91 Å². The van der Waals surface area contributed by atoms with Crippen molar-refractivity contribution >= 4 is 34.7 Å². The van der Waals surface area contributed by atoms with Gasteiger partial charge in [-0.15, -0.1) is 0 Å². The number of anilines is 2. The van der Waals surface area contributed by atoms with Gasteiger partial charge in [-0.3, -0.25) is 9.59 Å². The molecule has 5 rings (SSSR count). The van der Waals surface area contributed by atoms with Crippen LogP contribution in [0.5, 0.6) is 5.75 Å². The number of carbonyl (C=O) groups is 2. The molecule has 1 unspecified atom stereocenters. The van der Waals surface area contributed by atoms with Crippen LogP contribution in [0.25, 0.3) is 0 Å². The van der Waals surface area contributed by atoms with Gasteiger partial charge in [0.1, 0.15) is 5.75 Å². The molecule has 196 valence electrons. The summed E-state index contributed by atoms with van der Waals surface area (Å²) in [6.45, 7) is 4.62. The molecule has 1 amide bonds. The number of benzene rings is 3. The highest BCUT2D eigenvalue weighted by Crippen LogP contribution is 2.48. The molecule has 1 aliphatic heterocycles. The van der Waals surface area contributed by atoms with E-state index in [1.807, 2.05) is 77.7 Å². The normalized spacial score (nSPS) is 18.2. The third kappa shape index (κ3) is 5.27. The standard InChI is InChI=1S/C31H32ClN3O3/c1-31(2)16-25-29(27(36)17-31)30(20-12-14-22(38-3)15-13-20)35(26-11-7-6-10-24(26)34-25)19-28(37)33-18-21-8-4-5-9-23(21)32/h4-15,30,34H,16-19H2,1-3H3,(H,33,37). The largest absolute Gasteiger partial charge is 0.497 e. The molecule has 0 bridgehead atoms. The van der Waals surface area contributed by atoms with Gasteiger partial charge in [-0.05, 0) is 53.3 Å². The number of ether oxygens (including phenoxy) is 1. The molecule has 1 aliphatic carbocycles. The van der Waals surface area contributed by atoms with Crippen LogP contribution in [0.15, 0.2) is 84.1 Å². The molecular formula is C31H32ClN3O3. The lowest BCUT2D eigenvalue weighted by Crippen LogP contribution is -2.41. The number of ketones is 1. The van der Waals surface area contributed by atoms with Gasteiger partial charge in [-0.1, -0.05) is 67.9 Å². The molecule has 1 atom stereocenters. The predicted octanol–water partition coefficient (Wildman–Crippen LogP) is 6.28. The molecule has 7 heteroatoms. The Balaban J connectivity index is 1.57. The number of hydrogen-bond donors (Lipinski definition) is 2. The molecule has 3 aromatic carbocycles. The van der Waals surface area contributed by atoms with E-state index in [4.69, 9.17) is 16.3 Å². The van der Waals surface area contributed by atoms with Crippen LogP contribution in [-0.2, 0) is 16.1 Å². The van der Waals surface area contributed by atoms with E-state index in [2.05, 4.69) is 24.5 Å². The Labute approximate surface area is 228 Å². The first kappa shape index (κ1) is 25.9. The van der Waals surface area contributed by atoms with E-state index in [9.17, 15) is 9.59 Å². The van der Waals surface area contributed by atoms with Crippen molar-refractivity contribution in [1.29, 1.82) is 0 Å². The number of nitrogens with zero attached hydrogens (tertiary/aromatic N) is 1. The predicted molar refractivity (Wildman–Crippen MR) is 151 cm³/mol. The van der Waals surface area contributed by atoms with Crippen LogP contribution in [0.1, 0.15) is 43.9 Å². The van der Waals surface area contributed by atoms with Gasteiger partial charge in [0.25, 0.3) is 0 Å². The van der Waals surface area contributed by atoms with Crippen LogP contribution in [0.2, 0.25) is 5.02 Å². The second-order valence-electron chi connectivity index (χ2n) is 10.6. The molecule has 0 radical (unpaired) electrons. The van der Waals surface area contributed by atoms with Gasteiger partial charge in [0.05, 0.1) is 31.1 Å². The molecule has 3 aromatic rings. The fourth-order valence-corrected chi connectivity index (χ4v) is 5.61. The Kier molecular flexibility index (Phi) is 7.17. The van der Waals surface area contributed by atoms with Gasteiger partial charge in [0, 0.05) is 29.3 Å². The van der Waals surface area contributed by atoms with Gasteiger partial charge in [-0.2, -0.15) is 0 Å². The summed E-state index contributed by atoms with van der Waals surface area (Å²) in [4.78, 5) is 29.2. The summed E-state index contributed by atoms with van der Waals surface area (Å²) in [6.07, 6.45) is 1.19. The van der Waals surface area contributed by atoms with Crippen molar-refractivity contribution in [3.05, 3.63) is 100 Å². The molecule has 0 fully saturated rings. The zero-order chi connectivity index (χ0) is 26.9. The average Bonchev–Trinajstić information content (AvgIpc) is 3.02. The van der Waals surface area contributed by atoms with Crippen molar-refractivity contribution in [2.24, 2.45) is 5.41 Å². The van der Waals surface area contributed by atoms with Crippen LogP contribution in [0, 0.1) is 5.41 Å². The van der Waals surface area contributed by atoms with E-state index >= 15 is 0 Å². The topological polar surface area (TPSA) is 70.7 Å². The Morgan fingerprint density at radius 1 is 1.05 bits per heavy atom. The second kappa shape index (κ2) is 10.5. The van der Waals surface area contributed by atoms with Crippen LogP contribution < -0.4 is 20.3 Å². The Morgan fingerprint density at radius 2 is 1.76 bits per heavy atom. The van der Waals surface area contributed by atoms with Crippen LogP contribution in [-0.4, -0.2) is 25.3 Å². The minimum atomic E-state index is -0.443. The van der Waals surface area contributed by atoms with E-state index in [1.165, 1.54) is 0 Å². The molecule has 0 spiro atoms. The van der Waals surface area contributed by atoms with Crippen LogP contribution in [0.4, 0.5) is 11.4 Å². The second-order valence-corrected chi connectivity index (χ2v) is 11.1. The maximum absolute atomic E-state index is 13.8. The highest BCUT2D eigenvalue weighted by molar-refractivity contribution is 6.31. The third-order valence-corrected chi connectivity index (χ3v) is 7.55. The van der Waals surface area contributed by atoms with Gasteiger partial charge < -0.3 is 20.3 Å². The molecule has 2 aliphatic rings. The monoisotopic (exact) mass is 529 g/mol. The number of methoxy groups -OCH3 is 1. The zero-order valence-corrected chi connectivity index (χ0v) is 22.6. The van der Waals surface area contributed by atoms with Crippen molar-refractivity contribution in [3.63, 3.8) is 0 Å². The molecule has 0 aromatic heterocycles. The van der Waals surface area contributed by atoms with E-state index in [0.29, 0.717) is 23.6 Å². The molecular weight excluding hydrogens is 498 g/mol. The summed E-state index contributed by atoms with van der Waals surface area (Å²) < 4.78 is 5.39. The summed E-state index contributed by atoms with van der Waals surface area (Å²) in [7, 11) is 1.63. The van der Waals surface area contributed by atoms with Gasteiger partial charge in [-0.25, -0.2) is 0 Å². The number of carbonyl (C=O) groups excluding carboxylic acids is 2. The Morgan fingerprint density at radius 3 is 2.50 bits per heavy atom. The van der Waals surface area contributed by atoms with E-state index in [-0.39, 0.29) is 23.7 Å². The highest BCUT2D eigenvalue weighted by atomic mass is 35.5. The van der Waals surface area contributed by atoms with Crippen LogP contribution >= 0.6 is 11.6 Å². The molecule has 0 saturated heterocycles. The number of hydrogen-bond acceptors (Lipinski definition) is 5. The van der Waals surface area contributed by atoms with Crippen molar-refractivity contribution in [2.75, 3.05) is 23.9 Å². The molecule has 2 N–H and O–H groups in total. The number of para-hydroxylation sites is 2. The smallest absolute Gasteiger partial charge is 0.239 e. The number of amides is 1. The lowest BCUT2D eigenvalue weighted by molar-refractivity contribution is -0.120. The minimum Gasteiger partial charge on any atom is -0.497 e. The minimum absolute atomic E-state index is 0.0628. The van der Waals surface area contributed by atoms with Crippen molar-refractivity contribution in [2.45, 2.75) is 39.3 Å². The summed E-state index contributed by atoms with van der Waals surface area (Å²) in [6, 6.07) is 22.7. The third-order valence-electron chi connectivity index (χ3n) is 7.18. The first-order valence-electron chi connectivity index (χ1n) is 12.8. The SMILES string of the molecule is COc1ccc(C2C3=C(CC(C)(C)CC3=O)Nc3ccccc3N2CC(=O)NCc2ccccc2Cl)cc1. The quantitative estimate of drug-likeness (QED) is 0.393. The fraction of sp³-hybridized carbons (Fsp3) is 0.290. The molecule has 6 nitrogen and oxygen atoms in total. The molecule has 1 heterocycles. The first-order valence-corrected chi connectivity index (χ1v) is 13.2. The van der Waals surface area contributed by atoms with E-state index in [0.717, 1.165) is 40.4 Å². The summed E-state index contributed by atoms with van der Waals surface area (Å²) in [5, 5.41) is 7.21. The summed E-state index contributed by atoms with van der Waals surface area (Å²) in [5.74, 6) is 0.667. The fourth-order valence-electron chi connectivity index (χ4n) is 5.41. The number of rotatable bonds is 6. The molecule has 38 heavy (non-hydrogen) atoms. The number of allylic oxidation sites excluding steroid dienone is 1. The lowest BCUT2D eigenvalue weighted by atomic mass is 9.73. The van der Waals surface area contributed by atoms with E-state index in [1.54, 1.807) is 7.11 Å². The number of fused-ring (bicyclic) bond motifs is 1. The molecule has 0 saturated carbocycles. The van der Waals surface area contributed by atoms with E-state index < -0.39 is 6.04 Å². The maximum atomic E-state index is 13.8.